The molecule has 6 nitrogen and oxygen atoms in total. The molecule has 342 valence electrons. The van der Waals surface area contributed by atoms with Crippen molar-refractivity contribution < 1.29 is 24.5 Å². The fraction of sp³-hybridized carbons (Fsp3) is 0.774. The molecular weight excluding hydrogens is 731 g/mol. The van der Waals surface area contributed by atoms with Crippen LogP contribution in [-0.4, -0.2) is 46.9 Å². The van der Waals surface area contributed by atoms with Crippen molar-refractivity contribution in [3.8, 4) is 0 Å². The number of carbonyl (C=O) groups excluding carboxylic acids is 2. The normalized spacial score (nSPS) is 13.8. The van der Waals surface area contributed by atoms with E-state index in [1.54, 1.807) is 0 Å². The van der Waals surface area contributed by atoms with Crippen LogP contribution in [0, 0.1) is 0 Å². The summed E-state index contributed by atoms with van der Waals surface area (Å²) in [5.74, 6) is -0.531. The van der Waals surface area contributed by atoms with Gasteiger partial charge in [0.05, 0.1) is 25.2 Å². The van der Waals surface area contributed by atoms with Gasteiger partial charge in [-0.25, -0.2) is 0 Å². The van der Waals surface area contributed by atoms with Crippen molar-refractivity contribution in [3.63, 3.8) is 0 Å². The van der Waals surface area contributed by atoms with E-state index in [0.717, 1.165) is 96.3 Å². The Labute approximate surface area is 365 Å². The van der Waals surface area contributed by atoms with E-state index in [0.29, 0.717) is 19.3 Å². The fourth-order valence-electron chi connectivity index (χ4n) is 7.32. The minimum Gasteiger partial charge on any atom is -0.462 e. The molecule has 3 atom stereocenters. The van der Waals surface area contributed by atoms with Gasteiger partial charge in [-0.05, 0) is 83.5 Å². The summed E-state index contributed by atoms with van der Waals surface area (Å²) < 4.78 is 5.90. The summed E-state index contributed by atoms with van der Waals surface area (Å²) >= 11 is 0. The van der Waals surface area contributed by atoms with E-state index >= 15 is 0 Å². The number of aliphatic hydroxyl groups is 2. The lowest BCUT2D eigenvalue weighted by Crippen LogP contribution is -2.46. The van der Waals surface area contributed by atoms with E-state index in [4.69, 9.17) is 4.74 Å². The molecule has 0 saturated carbocycles. The summed E-state index contributed by atoms with van der Waals surface area (Å²) in [4.78, 5) is 26.1. The summed E-state index contributed by atoms with van der Waals surface area (Å²) in [5.41, 5.74) is 0. The van der Waals surface area contributed by atoms with Gasteiger partial charge in [0.25, 0.3) is 0 Å². The third-order valence-electron chi connectivity index (χ3n) is 11.1. The SMILES string of the molecule is CC/C=C/C/C=C/C/C=C/CCCCC(CC(=O)NC(CO)C(O)CCCCCCCCCCCC)OC(=O)CCCCCCC/C=C/C=C/CCCCCCCCC. The van der Waals surface area contributed by atoms with Crippen LogP contribution in [0.15, 0.2) is 60.8 Å². The lowest BCUT2D eigenvalue weighted by Gasteiger charge is -2.24. The predicted molar refractivity (Wildman–Crippen MR) is 255 cm³/mol. The molecule has 0 radical (unpaired) electrons. The first-order chi connectivity index (χ1) is 29.0. The number of esters is 1. The van der Waals surface area contributed by atoms with Crippen LogP contribution in [0.3, 0.4) is 0 Å². The first kappa shape index (κ1) is 56.6. The van der Waals surface area contributed by atoms with Gasteiger partial charge in [0, 0.05) is 6.42 Å². The van der Waals surface area contributed by atoms with Crippen LogP contribution < -0.4 is 5.32 Å². The minimum atomic E-state index is -0.800. The summed E-state index contributed by atoms with van der Waals surface area (Å²) in [7, 11) is 0. The number of hydrogen-bond donors (Lipinski definition) is 3. The highest BCUT2D eigenvalue weighted by molar-refractivity contribution is 5.77. The van der Waals surface area contributed by atoms with Gasteiger partial charge >= 0.3 is 5.97 Å². The number of aliphatic hydroxyl groups excluding tert-OH is 2. The van der Waals surface area contributed by atoms with Crippen molar-refractivity contribution in [1.82, 2.24) is 5.32 Å². The molecule has 0 aliphatic rings. The quantitative estimate of drug-likeness (QED) is 0.0246. The third-order valence-corrected chi connectivity index (χ3v) is 11.1. The molecule has 0 spiro atoms. The summed E-state index contributed by atoms with van der Waals surface area (Å²) in [6.07, 6.45) is 57.1. The van der Waals surface area contributed by atoms with Gasteiger partial charge in [-0.15, -0.1) is 0 Å². The Balaban J connectivity index is 4.61. The van der Waals surface area contributed by atoms with Crippen LogP contribution in [0.5, 0.6) is 0 Å². The zero-order valence-electron chi connectivity index (χ0n) is 38.9. The van der Waals surface area contributed by atoms with E-state index in [9.17, 15) is 19.8 Å². The zero-order chi connectivity index (χ0) is 43.1. The van der Waals surface area contributed by atoms with Gasteiger partial charge in [-0.3, -0.25) is 9.59 Å². The van der Waals surface area contributed by atoms with Gasteiger partial charge in [0.1, 0.15) is 6.10 Å². The van der Waals surface area contributed by atoms with Gasteiger partial charge in [0.2, 0.25) is 5.91 Å². The maximum Gasteiger partial charge on any atom is 0.306 e. The molecule has 0 rings (SSSR count). The molecule has 59 heavy (non-hydrogen) atoms. The summed E-state index contributed by atoms with van der Waals surface area (Å²) in [6.45, 7) is 6.33. The molecule has 0 aromatic carbocycles. The Kier molecular flexibility index (Phi) is 44.7. The standard InChI is InChI=1S/C53H95NO5/c1-4-7-10-13-16-19-22-24-25-26-27-28-29-31-34-37-40-43-46-53(58)59-49(44-41-38-35-32-30-23-20-17-14-11-8-5-2)47-52(57)54-50(48-55)51(56)45-42-39-36-33-21-18-15-12-9-6-3/h8,11,17,20,25-28,30,32,49-51,55-56H,4-7,9-10,12-16,18-19,21-24,29,31,33-48H2,1-3H3,(H,54,57)/b11-8+,20-17+,26-25+,28-27+,32-30+. The number of ether oxygens (including phenoxy) is 1. The number of hydrogen-bond acceptors (Lipinski definition) is 5. The molecule has 3 N–H and O–H groups in total. The molecule has 0 heterocycles. The molecule has 0 aromatic heterocycles. The van der Waals surface area contributed by atoms with E-state index < -0.39 is 18.2 Å². The van der Waals surface area contributed by atoms with Crippen LogP contribution >= 0.6 is 0 Å². The number of nitrogens with one attached hydrogen (secondary N) is 1. The summed E-state index contributed by atoms with van der Waals surface area (Å²) in [6, 6.07) is -0.717. The van der Waals surface area contributed by atoms with Gasteiger partial charge in [0.15, 0.2) is 0 Å². The largest absolute Gasteiger partial charge is 0.462 e. The Morgan fingerprint density at radius 3 is 1.51 bits per heavy atom. The lowest BCUT2D eigenvalue weighted by atomic mass is 10.0. The second-order valence-corrected chi connectivity index (χ2v) is 16.9. The average molecular weight is 826 g/mol. The smallest absolute Gasteiger partial charge is 0.306 e. The average Bonchev–Trinajstić information content (AvgIpc) is 3.23. The molecule has 0 fully saturated rings. The molecular formula is C53H95NO5. The second kappa shape index (κ2) is 46.6. The van der Waals surface area contributed by atoms with Crippen molar-refractivity contribution in [2.24, 2.45) is 0 Å². The molecule has 0 aromatic rings. The molecule has 0 saturated heterocycles. The lowest BCUT2D eigenvalue weighted by molar-refractivity contribution is -0.151. The van der Waals surface area contributed by atoms with E-state index in [-0.39, 0.29) is 24.9 Å². The number of amides is 1. The van der Waals surface area contributed by atoms with Crippen LogP contribution in [0.1, 0.15) is 239 Å². The number of carbonyl (C=O) groups is 2. The van der Waals surface area contributed by atoms with Crippen molar-refractivity contribution in [2.75, 3.05) is 6.61 Å². The van der Waals surface area contributed by atoms with Crippen LogP contribution in [0.2, 0.25) is 0 Å². The highest BCUT2D eigenvalue weighted by Crippen LogP contribution is 2.17. The van der Waals surface area contributed by atoms with E-state index in [2.05, 4.69) is 86.8 Å². The van der Waals surface area contributed by atoms with Gasteiger partial charge < -0.3 is 20.3 Å². The van der Waals surface area contributed by atoms with E-state index in [1.165, 1.54) is 96.3 Å². The maximum absolute atomic E-state index is 13.1. The molecule has 1 amide bonds. The van der Waals surface area contributed by atoms with Crippen LogP contribution in [0.4, 0.5) is 0 Å². The van der Waals surface area contributed by atoms with Crippen LogP contribution in [0.25, 0.3) is 0 Å². The topological polar surface area (TPSA) is 95.9 Å². The fourth-order valence-corrected chi connectivity index (χ4v) is 7.32. The molecule has 0 aliphatic heterocycles. The zero-order valence-corrected chi connectivity index (χ0v) is 38.9. The predicted octanol–water partition coefficient (Wildman–Crippen LogP) is 14.8. The summed E-state index contributed by atoms with van der Waals surface area (Å²) in [5, 5.41) is 23.6. The van der Waals surface area contributed by atoms with Crippen molar-refractivity contribution in [2.45, 2.75) is 257 Å². The van der Waals surface area contributed by atoms with Crippen molar-refractivity contribution >= 4 is 11.9 Å². The maximum atomic E-state index is 13.1. The first-order valence-corrected chi connectivity index (χ1v) is 25.0. The number of unbranched alkanes of at least 4 members (excludes halogenated alkanes) is 23. The third kappa shape index (κ3) is 42.1. The highest BCUT2D eigenvalue weighted by Gasteiger charge is 2.24. The van der Waals surface area contributed by atoms with Crippen molar-refractivity contribution in [1.29, 1.82) is 0 Å². The molecule has 6 heteroatoms. The van der Waals surface area contributed by atoms with Crippen LogP contribution in [-0.2, 0) is 14.3 Å². The first-order valence-electron chi connectivity index (χ1n) is 25.0. The minimum absolute atomic E-state index is 0.0438. The number of allylic oxidation sites excluding steroid dienone is 10. The van der Waals surface area contributed by atoms with E-state index in [1.807, 2.05) is 0 Å². The second-order valence-electron chi connectivity index (χ2n) is 16.9. The highest BCUT2D eigenvalue weighted by atomic mass is 16.5. The Morgan fingerprint density at radius 1 is 0.525 bits per heavy atom. The molecule has 3 unspecified atom stereocenters. The Morgan fingerprint density at radius 2 is 0.966 bits per heavy atom. The molecule has 0 aliphatic carbocycles. The van der Waals surface area contributed by atoms with Gasteiger partial charge in [-0.2, -0.15) is 0 Å². The van der Waals surface area contributed by atoms with Crippen molar-refractivity contribution in [3.05, 3.63) is 60.8 Å². The van der Waals surface area contributed by atoms with Gasteiger partial charge in [-0.1, -0.05) is 204 Å². The number of rotatable bonds is 44. The Bertz CT molecular complexity index is 1060. The monoisotopic (exact) mass is 826 g/mol. The Hall–Kier alpha value is -2.44. The molecule has 0 bridgehead atoms.